The molecular formula is C42H37N. The van der Waals surface area contributed by atoms with E-state index in [0.717, 1.165) is 29.1 Å². The molecule has 0 aliphatic heterocycles. The maximum absolute atomic E-state index is 3.66. The lowest BCUT2D eigenvalue weighted by molar-refractivity contribution is 0.424. The van der Waals surface area contributed by atoms with Crippen LogP contribution in [0.5, 0.6) is 0 Å². The second kappa shape index (κ2) is 10.6. The van der Waals surface area contributed by atoms with Gasteiger partial charge in [-0.05, 0) is 104 Å². The van der Waals surface area contributed by atoms with Gasteiger partial charge in [-0.15, -0.1) is 0 Å². The van der Waals surface area contributed by atoms with E-state index in [2.05, 4.69) is 153 Å². The van der Waals surface area contributed by atoms with Crippen LogP contribution in [-0.2, 0) is 0 Å². The molecular weight excluding hydrogens is 518 g/mol. The number of nitrogens with one attached hydrogen (secondary N) is 1. The fraction of sp³-hybridized carbons (Fsp3) is 0.190. The number of fused-ring (bicyclic) bond motifs is 4. The molecule has 2 aliphatic carbocycles. The fourth-order valence-electron chi connectivity index (χ4n) is 8.16. The van der Waals surface area contributed by atoms with Gasteiger partial charge in [-0.1, -0.05) is 129 Å². The van der Waals surface area contributed by atoms with Gasteiger partial charge in [0.1, 0.15) is 0 Å². The SMILES string of the molecule is CC1CCC2C(C)c3cc(-c4ccc(-c5ccc(Nc6ccccc6-c6ccccc6)cc5)c5ccccc45)ccc3C12. The van der Waals surface area contributed by atoms with Crippen molar-refractivity contribution in [1.82, 2.24) is 0 Å². The van der Waals surface area contributed by atoms with E-state index in [0.29, 0.717) is 5.92 Å². The van der Waals surface area contributed by atoms with Gasteiger partial charge in [0.25, 0.3) is 0 Å². The summed E-state index contributed by atoms with van der Waals surface area (Å²) in [6.07, 6.45) is 2.76. The molecule has 1 heteroatoms. The quantitative estimate of drug-likeness (QED) is 0.223. The molecule has 43 heavy (non-hydrogen) atoms. The third-order valence-corrected chi connectivity index (χ3v) is 10.3. The van der Waals surface area contributed by atoms with Crippen molar-refractivity contribution in [2.75, 3.05) is 5.32 Å². The highest BCUT2D eigenvalue weighted by Crippen LogP contribution is 2.57. The summed E-state index contributed by atoms with van der Waals surface area (Å²) >= 11 is 0. The van der Waals surface area contributed by atoms with Crippen LogP contribution in [0.25, 0.3) is 44.2 Å². The molecule has 4 unspecified atom stereocenters. The Morgan fingerprint density at radius 2 is 1.14 bits per heavy atom. The van der Waals surface area contributed by atoms with Crippen molar-refractivity contribution in [3.63, 3.8) is 0 Å². The second-order valence-corrected chi connectivity index (χ2v) is 12.7. The standard InChI is InChI=1S/C42H37N/c1-27-16-22-33-28(2)40-26-31(19-23-39(40)42(27)33)35-25-24-34(37-13-6-7-14-38(35)37)30-17-20-32(21-18-30)43-41-15-9-8-12-36(41)29-10-4-3-5-11-29/h3-15,17-21,23-28,33,42-43H,16,22H2,1-2H3. The third kappa shape index (κ3) is 4.46. The Morgan fingerprint density at radius 3 is 1.91 bits per heavy atom. The van der Waals surface area contributed by atoms with E-state index in [9.17, 15) is 0 Å². The summed E-state index contributed by atoms with van der Waals surface area (Å²) in [5.41, 5.74) is 13.0. The molecule has 2 aliphatic rings. The molecule has 4 atom stereocenters. The second-order valence-electron chi connectivity index (χ2n) is 12.7. The molecule has 210 valence electrons. The summed E-state index contributed by atoms with van der Waals surface area (Å²) in [7, 11) is 0. The zero-order chi connectivity index (χ0) is 28.9. The summed E-state index contributed by atoms with van der Waals surface area (Å²) in [6, 6.07) is 48.9. The first-order chi connectivity index (χ1) is 21.2. The predicted octanol–water partition coefficient (Wildman–Crippen LogP) is 11.8. The summed E-state index contributed by atoms with van der Waals surface area (Å²) in [5.74, 6) is 3.04. The fourth-order valence-corrected chi connectivity index (χ4v) is 8.16. The van der Waals surface area contributed by atoms with Gasteiger partial charge in [-0.25, -0.2) is 0 Å². The van der Waals surface area contributed by atoms with Crippen LogP contribution in [-0.4, -0.2) is 0 Å². The Labute approximate surface area is 255 Å². The van der Waals surface area contributed by atoms with Gasteiger partial charge in [-0.3, -0.25) is 0 Å². The summed E-state index contributed by atoms with van der Waals surface area (Å²) in [6.45, 7) is 4.92. The minimum Gasteiger partial charge on any atom is -0.355 e. The number of benzene rings is 6. The molecule has 6 aromatic carbocycles. The van der Waals surface area contributed by atoms with E-state index >= 15 is 0 Å². The predicted molar refractivity (Wildman–Crippen MR) is 183 cm³/mol. The van der Waals surface area contributed by atoms with Gasteiger partial charge in [0.2, 0.25) is 0 Å². The lowest BCUT2D eigenvalue weighted by Gasteiger charge is -2.17. The summed E-state index contributed by atoms with van der Waals surface area (Å²) in [5, 5.41) is 6.28. The first-order valence-electron chi connectivity index (χ1n) is 15.8. The smallest absolute Gasteiger partial charge is 0.0463 e. The number of anilines is 2. The lowest BCUT2D eigenvalue weighted by Crippen LogP contribution is -2.06. The lowest BCUT2D eigenvalue weighted by atomic mass is 9.87. The Morgan fingerprint density at radius 1 is 0.512 bits per heavy atom. The highest BCUT2D eigenvalue weighted by atomic mass is 14.9. The van der Waals surface area contributed by atoms with E-state index in [4.69, 9.17) is 0 Å². The summed E-state index contributed by atoms with van der Waals surface area (Å²) < 4.78 is 0. The van der Waals surface area contributed by atoms with Crippen molar-refractivity contribution >= 4 is 22.1 Å². The zero-order valence-corrected chi connectivity index (χ0v) is 24.9. The molecule has 0 bridgehead atoms. The van der Waals surface area contributed by atoms with E-state index in [1.54, 1.807) is 11.1 Å². The highest BCUT2D eigenvalue weighted by Gasteiger charge is 2.44. The van der Waals surface area contributed by atoms with Crippen molar-refractivity contribution in [2.24, 2.45) is 11.8 Å². The Hall–Kier alpha value is -4.62. The van der Waals surface area contributed by atoms with Crippen LogP contribution in [0.3, 0.4) is 0 Å². The molecule has 0 spiro atoms. The van der Waals surface area contributed by atoms with Crippen LogP contribution in [0.2, 0.25) is 0 Å². The molecule has 1 fully saturated rings. The number of hydrogen-bond donors (Lipinski definition) is 1. The zero-order valence-electron chi connectivity index (χ0n) is 24.9. The van der Waals surface area contributed by atoms with Crippen LogP contribution in [0.1, 0.15) is 49.7 Å². The largest absolute Gasteiger partial charge is 0.355 e. The molecule has 1 N–H and O–H groups in total. The molecule has 8 rings (SSSR count). The van der Waals surface area contributed by atoms with E-state index in [1.165, 1.54) is 57.0 Å². The minimum absolute atomic E-state index is 0.655. The van der Waals surface area contributed by atoms with E-state index in [-0.39, 0.29) is 0 Å². The first-order valence-corrected chi connectivity index (χ1v) is 15.8. The van der Waals surface area contributed by atoms with Gasteiger partial charge < -0.3 is 5.32 Å². The first kappa shape index (κ1) is 26.0. The number of hydrogen-bond acceptors (Lipinski definition) is 1. The van der Waals surface area contributed by atoms with Gasteiger partial charge in [-0.2, -0.15) is 0 Å². The molecule has 0 saturated heterocycles. The van der Waals surface area contributed by atoms with Crippen LogP contribution in [0.4, 0.5) is 11.4 Å². The van der Waals surface area contributed by atoms with Gasteiger partial charge in [0.15, 0.2) is 0 Å². The Bertz CT molecular complexity index is 1930. The summed E-state index contributed by atoms with van der Waals surface area (Å²) in [4.78, 5) is 0. The third-order valence-electron chi connectivity index (χ3n) is 10.3. The number of rotatable bonds is 5. The van der Waals surface area contributed by atoms with Gasteiger partial charge in [0, 0.05) is 16.9 Å². The Kier molecular flexibility index (Phi) is 6.41. The van der Waals surface area contributed by atoms with Gasteiger partial charge >= 0.3 is 0 Å². The Balaban J connectivity index is 1.12. The van der Waals surface area contributed by atoms with Crippen LogP contribution in [0.15, 0.2) is 133 Å². The van der Waals surface area contributed by atoms with Crippen LogP contribution in [0, 0.1) is 11.8 Å². The van der Waals surface area contributed by atoms with Crippen LogP contribution < -0.4 is 5.32 Å². The average molecular weight is 556 g/mol. The van der Waals surface area contributed by atoms with Crippen molar-refractivity contribution < 1.29 is 0 Å². The van der Waals surface area contributed by atoms with Crippen molar-refractivity contribution in [1.29, 1.82) is 0 Å². The molecule has 6 aromatic rings. The monoisotopic (exact) mass is 555 g/mol. The van der Waals surface area contributed by atoms with Crippen LogP contribution >= 0.6 is 0 Å². The maximum atomic E-state index is 3.66. The maximum Gasteiger partial charge on any atom is 0.0463 e. The molecule has 1 saturated carbocycles. The van der Waals surface area contributed by atoms with Crippen molar-refractivity contribution in [2.45, 2.75) is 38.5 Å². The molecule has 1 nitrogen and oxygen atoms in total. The van der Waals surface area contributed by atoms with Crippen molar-refractivity contribution in [3.8, 4) is 33.4 Å². The molecule has 0 heterocycles. The van der Waals surface area contributed by atoms with E-state index < -0.39 is 0 Å². The number of para-hydroxylation sites is 1. The molecule has 0 aromatic heterocycles. The topological polar surface area (TPSA) is 12.0 Å². The van der Waals surface area contributed by atoms with Gasteiger partial charge in [0.05, 0.1) is 0 Å². The minimum atomic E-state index is 0.655. The molecule has 0 radical (unpaired) electrons. The van der Waals surface area contributed by atoms with E-state index in [1.807, 2.05) is 0 Å². The highest BCUT2D eigenvalue weighted by molar-refractivity contribution is 6.05. The normalized spacial score (nSPS) is 20.6. The average Bonchev–Trinajstić information content (AvgIpc) is 3.58. The van der Waals surface area contributed by atoms with Crippen molar-refractivity contribution in [3.05, 3.63) is 145 Å². The molecule has 0 amide bonds.